The molecule has 3 rings (SSSR count). The van der Waals surface area contributed by atoms with Crippen LogP contribution in [0.5, 0.6) is 0 Å². The number of anilines is 2. The predicted molar refractivity (Wildman–Crippen MR) is 133 cm³/mol. The van der Waals surface area contributed by atoms with E-state index in [4.69, 9.17) is 0 Å². The van der Waals surface area contributed by atoms with Crippen molar-refractivity contribution >= 4 is 28.8 Å². The first-order valence-electron chi connectivity index (χ1n) is 10.2. The maximum absolute atomic E-state index is 4.18. The number of para-hydroxylation sites is 2. The third-order valence-corrected chi connectivity index (χ3v) is 5.08. The summed E-state index contributed by atoms with van der Waals surface area (Å²) in [5, 5.41) is 3.40. The largest absolute Gasteiger partial charge is 0.355 e. The molecule has 0 aliphatic carbocycles. The molecule has 3 aromatic carbocycles. The van der Waals surface area contributed by atoms with Crippen molar-refractivity contribution < 1.29 is 0 Å². The minimum atomic E-state index is 1.07. The van der Waals surface area contributed by atoms with Gasteiger partial charge in [0.15, 0.2) is 0 Å². The van der Waals surface area contributed by atoms with Gasteiger partial charge in [0.25, 0.3) is 0 Å². The molecule has 0 fully saturated rings. The number of hydrogen-bond acceptors (Lipinski definition) is 3. The molecule has 0 aliphatic heterocycles. The van der Waals surface area contributed by atoms with Crippen LogP contribution in [-0.4, -0.2) is 19.0 Å². The van der Waals surface area contributed by atoms with Crippen molar-refractivity contribution in [3.05, 3.63) is 90.0 Å². The lowest BCUT2D eigenvalue weighted by Crippen LogP contribution is -1.99. The Hall–Kier alpha value is -2.52. The molecular formula is C26H34N2S. The molecule has 0 amide bonds. The molecule has 0 radical (unpaired) electrons. The molecule has 0 saturated heterocycles. The van der Waals surface area contributed by atoms with Gasteiger partial charge in [0, 0.05) is 23.3 Å². The molecule has 0 unspecified atom stereocenters. The summed E-state index contributed by atoms with van der Waals surface area (Å²) >= 11 is 1.75. The Morgan fingerprint density at radius 1 is 0.862 bits per heavy atom. The molecule has 0 aliphatic rings. The maximum Gasteiger partial charge on any atom is 0.0522 e. The van der Waals surface area contributed by atoms with Crippen molar-refractivity contribution in [2.45, 2.75) is 39.0 Å². The summed E-state index contributed by atoms with van der Waals surface area (Å²) in [5.74, 6) is 0. The van der Waals surface area contributed by atoms with Crippen molar-refractivity contribution in [2.75, 3.05) is 18.6 Å². The van der Waals surface area contributed by atoms with Crippen LogP contribution >= 0.6 is 11.8 Å². The third-order valence-electron chi connectivity index (χ3n) is 4.28. The molecule has 1 N–H and O–H groups in total. The van der Waals surface area contributed by atoms with Gasteiger partial charge in [0.2, 0.25) is 0 Å². The first-order chi connectivity index (χ1) is 14.2. The number of aliphatic imine (C=N–C) groups is 1. The fraction of sp³-hybridized carbons (Fsp3) is 0.269. The van der Waals surface area contributed by atoms with Gasteiger partial charge >= 0.3 is 0 Å². The summed E-state index contributed by atoms with van der Waals surface area (Å²) in [4.78, 5) is 5.45. The normalized spacial score (nSPS) is 10.2. The van der Waals surface area contributed by atoms with Gasteiger partial charge in [0.05, 0.1) is 5.69 Å². The Kier molecular flexibility index (Phi) is 12.2. The molecule has 154 valence electrons. The van der Waals surface area contributed by atoms with E-state index in [0.717, 1.165) is 23.5 Å². The number of rotatable bonds is 5. The average Bonchev–Trinajstić information content (AvgIpc) is 2.81. The Labute approximate surface area is 181 Å². The SMILES string of the molecule is CC.CCc1ccccc1C(C)=NC.CSc1ccccc1Nc1ccccc1. The lowest BCUT2D eigenvalue weighted by Gasteiger charge is -2.09. The highest BCUT2D eigenvalue weighted by Crippen LogP contribution is 2.27. The quantitative estimate of drug-likeness (QED) is 0.344. The smallest absolute Gasteiger partial charge is 0.0522 e. The van der Waals surface area contributed by atoms with Gasteiger partial charge in [-0.1, -0.05) is 75.4 Å². The topological polar surface area (TPSA) is 24.4 Å². The highest BCUT2D eigenvalue weighted by molar-refractivity contribution is 7.98. The number of hydrogen-bond donors (Lipinski definition) is 1. The van der Waals surface area contributed by atoms with E-state index >= 15 is 0 Å². The van der Waals surface area contributed by atoms with Crippen molar-refractivity contribution in [1.29, 1.82) is 0 Å². The first-order valence-corrected chi connectivity index (χ1v) is 11.4. The molecule has 2 nitrogen and oxygen atoms in total. The number of nitrogens with one attached hydrogen (secondary N) is 1. The van der Waals surface area contributed by atoms with E-state index in [1.165, 1.54) is 16.0 Å². The summed E-state index contributed by atoms with van der Waals surface area (Å²) in [6.07, 6.45) is 3.16. The van der Waals surface area contributed by atoms with Crippen LogP contribution in [-0.2, 0) is 6.42 Å². The van der Waals surface area contributed by atoms with Crippen LogP contribution in [0.25, 0.3) is 0 Å². The highest BCUT2D eigenvalue weighted by atomic mass is 32.2. The van der Waals surface area contributed by atoms with E-state index in [9.17, 15) is 0 Å². The predicted octanol–water partition coefficient (Wildman–Crippen LogP) is 7.87. The number of benzene rings is 3. The van der Waals surface area contributed by atoms with Crippen LogP contribution in [0.15, 0.2) is 88.8 Å². The molecule has 3 heteroatoms. The number of thioether (sulfide) groups is 1. The summed E-state index contributed by atoms with van der Waals surface area (Å²) in [5.41, 5.74) is 6.06. The summed E-state index contributed by atoms with van der Waals surface area (Å²) in [6, 6.07) is 27.0. The van der Waals surface area contributed by atoms with E-state index in [2.05, 4.69) is 85.0 Å². The minimum Gasteiger partial charge on any atom is -0.355 e. The zero-order valence-corrected chi connectivity index (χ0v) is 19.4. The van der Waals surface area contributed by atoms with Gasteiger partial charge < -0.3 is 5.32 Å². The van der Waals surface area contributed by atoms with Crippen LogP contribution in [0.4, 0.5) is 11.4 Å². The van der Waals surface area contributed by atoms with Crippen LogP contribution in [0.2, 0.25) is 0 Å². The van der Waals surface area contributed by atoms with Gasteiger partial charge in [-0.05, 0) is 55.0 Å². The molecule has 0 bridgehead atoms. The third kappa shape index (κ3) is 8.16. The van der Waals surface area contributed by atoms with E-state index < -0.39 is 0 Å². The van der Waals surface area contributed by atoms with Crippen LogP contribution in [0.1, 0.15) is 38.8 Å². The van der Waals surface area contributed by atoms with Gasteiger partial charge in [0.1, 0.15) is 0 Å². The molecule has 0 aromatic heterocycles. The van der Waals surface area contributed by atoms with Crippen LogP contribution in [0.3, 0.4) is 0 Å². The van der Waals surface area contributed by atoms with E-state index in [1.54, 1.807) is 11.8 Å². The number of nitrogens with zero attached hydrogens (tertiary/aromatic N) is 1. The van der Waals surface area contributed by atoms with Gasteiger partial charge in [-0.3, -0.25) is 4.99 Å². The highest BCUT2D eigenvalue weighted by Gasteiger charge is 2.01. The first kappa shape index (κ1) is 24.5. The van der Waals surface area contributed by atoms with E-state index in [0.29, 0.717) is 0 Å². The Bertz CT molecular complexity index is 857. The second kappa shape index (κ2) is 14.5. The second-order valence-electron chi connectivity index (χ2n) is 6.01. The van der Waals surface area contributed by atoms with Gasteiger partial charge in [-0.2, -0.15) is 0 Å². The zero-order chi connectivity index (χ0) is 21.5. The average molecular weight is 407 g/mol. The van der Waals surface area contributed by atoms with Crippen molar-refractivity contribution in [2.24, 2.45) is 4.99 Å². The van der Waals surface area contributed by atoms with Crippen LogP contribution < -0.4 is 5.32 Å². The lowest BCUT2D eigenvalue weighted by molar-refractivity contribution is 1.13. The molecule has 0 saturated carbocycles. The van der Waals surface area contributed by atoms with Gasteiger partial charge in [-0.15, -0.1) is 11.8 Å². The van der Waals surface area contributed by atoms with Crippen molar-refractivity contribution in [1.82, 2.24) is 0 Å². The molecular weight excluding hydrogens is 372 g/mol. The molecule has 0 heterocycles. The summed E-state index contributed by atoms with van der Waals surface area (Å²) < 4.78 is 0. The van der Waals surface area contributed by atoms with Crippen LogP contribution in [0, 0.1) is 0 Å². The summed E-state index contributed by atoms with van der Waals surface area (Å²) in [7, 11) is 1.84. The Morgan fingerprint density at radius 3 is 2.07 bits per heavy atom. The number of aryl methyl sites for hydroxylation is 1. The minimum absolute atomic E-state index is 1.07. The Balaban J connectivity index is 0.000000273. The monoisotopic (exact) mass is 406 g/mol. The fourth-order valence-corrected chi connectivity index (χ4v) is 3.28. The van der Waals surface area contributed by atoms with E-state index in [1.807, 2.05) is 45.2 Å². The maximum atomic E-state index is 4.18. The fourth-order valence-electron chi connectivity index (χ4n) is 2.73. The van der Waals surface area contributed by atoms with Crippen molar-refractivity contribution in [3.63, 3.8) is 0 Å². The van der Waals surface area contributed by atoms with E-state index in [-0.39, 0.29) is 0 Å². The lowest BCUT2D eigenvalue weighted by atomic mass is 10.0. The zero-order valence-electron chi connectivity index (χ0n) is 18.6. The van der Waals surface area contributed by atoms with Gasteiger partial charge in [-0.25, -0.2) is 0 Å². The molecule has 3 aromatic rings. The Morgan fingerprint density at radius 2 is 1.45 bits per heavy atom. The molecule has 0 atom stereocenters. The van der Waals surface area contributed by atoms with Crippen molar-refractivity contribution in [3.8, 4) is 0 Å². The molecule has 0 spiro atoms. The second-order valence-corrected chi connectivity index (χ2v) is 6.86. The summed E-state index contributed by atoms with van der Waals surface area (Å²) in [6.45, 7) is 8.22. The molecule has 29 heavy (non-hydrogen) atoms. The standard InChI is InChI=1S/C13H13NS.C11H15N.C2H6/c1-15-13-10-6-5-9-12(13)14-11-7-3-2-4-8-11;1-4-10-7-5-6-8-11(10)9(2)12-3;1-2/h2-10,14H,1H3;5-8H,4H2,1-3H3;1-2H3.